The Labute approximate surface area is 227 Å². The highest BCUT2D eigenvalue weighted by Crippen LogP contribution is 2.21. The van der Waals surface area contributed by atoms with Gasteiger partial charge in [0.25, 0.3) is 0 Å². The Balaban J connectivity index is 3.73. The van der Waals surface area contributed by atoms with E-state index < -0.39 is 5.97 Å². The van der Waals surface area contributed by atoms with Crippen LogP contribution >= 0.6 is 0 Å². The molecule has 0 aliphatic rings. The summed E-state index contributed by atoms with van der Waals surface area (Å²) in [6.07, 6.45) is 33.8. The first-order chi connectivity index (χ1) is 17.5. The molecule has 0 saturated heterocycles. The largest absolute Gasteiger partial charge is 0.478 e. The fourth-order valence-corrected chi connectivity index (χ4v) is 5.45. The summed E-state index contributed by atoms with van der Waals surface area (Å²) in [5.74, 6) is 0.226. The standard InChI is InChI=1S/C34H66O2/c1-5-7-9-10-11-12-13-14-15-19-22-26-30-33(34(35)36)32(4)29-25-21-18-16-17-20-24-28-31(3)27-23-8-6-2/h31H,5-30H2,1-4H3,(H,35,36). The van der Waals surface area contributed by atoms with Gasteiger partial charge in [0.15, 0.2) is 0 Å². The van der Waals surface area contributed by atoms with Crippen molar-refractivity contribution in [1.82, 2.24) is 0 Å². The lowest BCUT2D eigenvalue weighted by atomic mass is 9.96. The zero-order valence-corrected chi connectivity index (χ0v) is 25.3. The van der Waals surface area contributed by atoms with E-state index in [1.807, 2.05) is 0 Å². The maximum Gasteiger partial charge on any atom is 0.331 e. The van der Waals surface area contributed by atoms with Gasteiger partial charge in [0, 0.05) is 5.57 Å². The van der Waals surface area contributed by atoms with Gasteiger partial charge >= 0.3 is 5.97 Å². The molecule has 214 valence electrons. The Hall–Kier alpha value is -0.790. The molecule has 0 fully saturated rings. The van der Waals surface area contributed by atoms with E-state index in [0.717, 1.165) is 37.2 Å². The minimum atomic E-state index is -0.681. The molecule has 0 amide bonds. The molecule has 0 aromatic heterocycles. The third-order valence-electron chi connectivity index (χ3n) is 8.10. The van der Waals surface area contributed by atoms with E-state index in [1.54, 1.807) is 0 Å². The van der Waals surface area contributed by atoms with Crippen molar-refractivity contribution in [2.24, 2.45) is 5.92 Å². The highest BCUT2D eigenvalue weighted by molar-refractivity contribution is 5.87. The summed E-state index contributed by atoms with van der Waals surface area (Å²) in [5, 5.41) is 9.69. The second-order valence-electron chi connectivity index (χ2n) is 11.8. The molecular formula is C34H66O2. The molecule has 1 unspecified atom stereocenters. The summed E-state index contributed by atoms with van der Waals surface area (Å²) in [7, 11) is 0. The van der Waals surface area contributed by atoms with Crippen LogP contribution in [0.5, 0.6) is 0 Å². The van der Waals surface area contributed by atoms with E-state index in [2.05, 4.69) is 27.7 Å². The van der Waals surface area contributed by atoms with Crippen LogP contribution in [0.15, 0.2) is 11.1 Å². The van der Waals surface area contributed by atoms with E-state index in [4.69, 9.17) is 0 Å². The van der Waals surface area contributed by atoms with Crippen LogP contribution in [0.3, 0.4) is 0 Å². The van der Waals surface area contributed by atoms with Crippen LogP contribution in [0, 0.1) is 5.92 Å². The van der Waals surface area contributed by atoms with Crippen LogP contribution < -0.4 is 0 Å². The predicted molar refractivity (Wildman–Crippen MR) is 161 cm³/mol. The number of hydrogen-bond acceptors (Lipinski definition) is 1. The molecule has 1 N–H and O–H groups in total. The van der Waals surface area contributed by atoms with Gasteiger partial charge < -0.3 is 5.11 Å². The number of hydrogen-bond donors (Lipinski definition) is 1. The minimum Gasteiger partial charge on any atom is -0.478 e. The quantitative estimate of drug-likeness (QED) is 0.0846. The van der Waals surface area contributed by atoms with E-state index in [1.165, 1.54) is 141 Å². The van der Waals surface area contributed by atoms with E-state index in [-0.39, 0.29) is 0 Å². The second kappa shape index (κ2) is 27.3. The number of carbonyl (C=O) groups is 1. The molecule has 0 aromatic rings. The van der Waals surface area contributed by atoms with Crippen LogP contribution in [0.25, 0.3) is 0 Å². The Morgan fingerprint density at radius 2 is 0.861 bits per heavy atom. The van der Waals surface area contributed by atoms with Gasteiger partial charge in [-0.2, -0.15) is 0 Å². The van der Waals surface area contributed by atoms with Crippen LogP contribution in [0.2, 0.25) is 0 Å². The smallest absolute Gasteiger partial charge is 0.331 e. The lowest BCUT2D eigenvalue weighted by molar-refractivity contribution is -0.132. The number of allylic oxidation sites excluding steroid dienone is 1. The first-order valence-electron chi connectivity index (χ1n) is 16.4. The third kappa shape index (κ3) is 23.6. The number of unbranched alkanes of at least 4 members (excludes halogenated alkanes) is 19. The molecular weight excluding hydrogens is 440 g/mol. The Morgan fingerprint density at radius 1 is 0.528 bits per heavy atom. The fraction of sp³-hybridized carbons (Fsp3) is 0.912. The number of carboxylic acids is 1. The zero-order valence-electron chi connectivity index (χ0n) is 25.3. The lowest BCUT2D eigenvalue weighted by Crippen LogP contribution is -2.04. The highest BCUT2D eigenvalue weighted by Gasteiger charge is 2.11. The topological polar surface area (TPSA) is 37.3 Å². The van der Waals surface area contributed by atoms with Crippen molar-refractivity contribution < 1.29 is 9.90 Å². The average Bonchev–Trinajstić information content (AvgIpc) is 2.85. The van der Waals surface area contributed by atoms with Crippen LogP contribution in [-0.4, -0.2) is 11.1 Å². The van der Waals surface area contributed by atoms with Crippen molar-refractivity contribution in [3.63, 3.8) is 0 Å². The second-order valence-corrected chi connectivity index (χ2v) is 11.8. The highest BCUT2D eigenvalue weighted by atomic mass is 16.4. The maximum absolute atomic E-state index is 11.8. The third-order valence-corrected chi connectivity index (χ3v) is 8.10. The molecule has 0 saturated carbocycles. The summed E-state index contributed by atoms with van der Waals surface area (Å²) < 4.78 is 0. The normalized spacial score (nSPS) is 13.1. The van der Waals surface area contributed by atoms with Crippen molar-refractivity contribution in [1.29, 1.82) is 0 Å². The van der Waals surface area contributed by atoms with Gasteiger partial charge in [-0.25, -0.2) is 4.79 Å². The van der Waals surface area contributed by atoms with Crippen LogP contribution in [-0.2, 0) is 4.79 Å². The monoisotopic (exact) mass is 507 g/mol. The van der Waals surface area contributed by atoms with Crippen LogP contribution in [0.4, 0.5) is 0 Å². The summed E-state index contributed by atoms with van der Waals surface area (Å²) in [6, 6.07) is 0. The summed E-state index contributed by atoms with van der Waals surface area (Å²) in [6.45, 7) is 9.05. The van der Waals surface area contributed by atoms with Gasteiger partial charge in [-0.3, -0.25) is 0 Å². The van der Waals surface area contributed by atoms with Gasteiger partial charge in [-0.05, 0) is 38.5 Å². The molecule has 0 aliphatic carbocycles. The summed E-state index contributed by atoms with van der Waals surface area (Å²) >= 11 is 0. The molecule has 0 heterocycles. The first-order valence-corrected chi connectivity index (χ1v) is 16.4. The average molecular weight is 507 g/mol. The predicted octanol–water partition coefficient (Wildman–Crippen LogP) is 12.2. The fourth-order valence-electron chi connectivity index (χ4n) is 5.45. The Morgan fingerprint density at radius 3 is 1.31 bits per heavy atom. The number of rotatable bonds is 28. The molecule has 0 aromatic carbocycles. The van der Waals surface area contributed by atoms with Crippen molar-refractivity contribution in [2.75, 3.05) is 0 Å². The maximum atomic E-state index is 11.8. The molecule has 0 aliphatic heterocycles. The Bertz CT molecular complexity index is 507. The van der Waals surface area contributed by atoms with Crippen molar-refractivity contribution in [3.05, 3.63) is 11.1 Å². The number of aliphatic carboxylic acids is 1. The Kier molecular flexibility index (Phi) is 26.7. The van der Waals surface area contributed by atoms with Gasteiger partial charge in [-0.15, -0.1) is 0 Å². The molecule has 36 heavy (non-hydrogen) atoms. The summed E-state index contributed by atoms with van der Waals surface area (Å²) in [4.78, 5) is 11.8. The molecule has 1 atom stereocenters. The molecule has 2 heteroatoms. The zero-order chi connectivity index (χ0) is 26.7. The van der Waals surface area contributed by atoms with Crippen molar-refractivity contribution in [3.8, 4) is 0 Å². The van der Waals surface area contributed by atoms with Crippen LogP contribution in [0.1, 0.15) is 195 Å². The van der Waals surface area contributed by atoms with E-state index >= 15 is 0 Å². The van der Waals surface area contributed by atoms with E-state index in [9.17, 15) is 9.90 Å². The minimum absolute atomic E-state index is 0.681. The summed E-state index contributed by atoms with van der Waals surface area (Å²) in [5.41, 5.74) is 1.83. The van der Waals surface area contributed by atoms with Gasteiger partial charge in [0.2, 0.25) is 0 Å². The van der Waals surface area contributed by atoms with E-state index in [0.29, 0.717) is 5.57 Å². The SMILES string of the molecule is CCCCCCCCCCCCCCC(C(=O)O)=C(C)CCCCCCCCCC(C)CCCCC. The van der Waals surface area contributed by atoms with Crippen molar-refractivity contribution >= 4 is 5.97 Å². The molecule has 0 bridgehead atoms. The molecule has 2 nitrogen and oxygen atoms in total. The molecule has 0 radical (unpaired) electrons. The van der Waals surface area contributed by atoms with Gasteiger partial charge in [0.05, 0.1) is 0 Å². The lowest BCUT2D eigenvalue weighted by Gasteiger charge is -2.11. The number of carboxylic acid groups (broad SMARTS) is 1. The molecule has 0 rings (SSSR count). The van der Waals surface area contributed by atoms with Gasteiger partial charge in [-0.1, -0.05) is 168 Å². The van der Waals surface area contributed by atoms with Crippen molar-refractivity contribution in [2.45, 2.75) is 195 Å². The van der Waals surface area contributed by atoms with Gasteiger partial charge in [0.1, 0.15) is 0 Å². The first kappa shape index (κ1) is 35.2. The molecule has 0 spiro atoms.